The Kier molecular flexibility index (Phi) is 4.35. The summed E-state index contributed by atoms with van der Waals surface area (Å²) in [6, 6.07) is 1.83. The van der Waals surface area contributed by atoms with Crippen molar-refractivity contribution in [3.05, 3.63) is 23.8 Å². The van der Waals surface area contributed by atoms with Crippen molar-refractivity contribution in [1.29, 1.82) is 0 Å². The normalized spacial score (nSPS) is 10.3. The molecule has 2 N–H and O–H groups in total. The van der Waals surface area contributed by atoms with Gasteiger partial charge in [0.1, 0.15) is 5.82 Å². The van der Waals surface area contributed by atoms with Gasteiger partial charge in [0.15, 0.2) is 0 Å². The maximum Gasteiger partial charge on any atom is 0.128 e. The fourth-order valence-electron chi connectivity index (χ4n) is 1.05. The van der Waals surface area contributed by atoms with Gasteiger partial charge >= 0.3 is 0 Å². The van der Waals surface area contributed by atoms with Crippen molar-refractivity contribution in [2.45, 2.75) is 19.4 Å². The molecule has 0 aromatic carbocycles. The molecule has 0 radical (unpaired) electrons. The molecule has 1 heterocycles. The molecule has 1 rings (SSSR count). The van der Waals surface area contributed by atoms with Crippen molar-refractivity contribution in [2.24, 2.45) is 5.73 Å². The molecule has 1 aromatic heterocycles. The van der Waals surface area contributed by atoms with Crippen molar-refractivity contribution < 1.29 is 4.74 Å². The SMILES string of the molecule is COCCCc1nccc(CN)n1. The highest BCUT2D eigenvalue weighted by Gasteiger charge is 1.97. The third-order valence-corrected chi connectivity index (χ3v) is 1.72. The van der Waals surface area contributed by atoms with Gasteiger partial charge in [-0.2, -0.15) is 0 Å². The van der Waals surface area contributed by atoms with Crippen LogP contribution in [0.3, 0.4) is 0 Å². The summed E-state index contributed by atoms with van der Waals surface area (Å²) in [6.07, 6.45) is 3.55. The largest absolute Gasteiger partial charge is 0.385 e. The Labute approximate surface area is 78.1 Å². The summed E-state index contributed by atoms with van der Waals surface area (Å²) in [6.45, 7) is 1.22. The van der Waals surface area contributed by atoms with Crippen LogP contribution in [-0.4, -0.2) is 23.7 Å². The molecule has 0 saturated heterocycles. The number of nitrogens with zero attached hydrogens (tertiary/aromatic N) is 2. The van der Waals surface area contributed by atoms with Crippen LogP contribution >= 0.6 is 0 Å². The van der Waals surface area contributed by atoms with Gasteiger partial charge in [0.05, 0.1) is 5.69 Å². The van der Waals surface area contributed by atoms with Crippen LogP contribution in [-0.2, 0) is 17.7 Å². The molecule has 0 aliphatic carbocycles. The van der Waals surface area contributed by atoms with Gasteiger partial charge in [-0.05, 0) is 12.5 Å². The van der Waals surface area contributed by atoms with Gasteiger partial charge in [0, 0.05) is 32.9 Å². The first-order valence-corrected chi connectivity index (χ1v) is 4.36. The molecular formula is C9H15N3O. The highest BCUT2D eigenvalue weighted by atomic mass is 16.5. The molecule has 0 aliphatic heterocycles. The third kappa shape index (κ3) is 3.48. The van der Waals surface area contributed by atoms with Crippen molar-refractivity contribution in [3.63, 3.8) is 0 Å². The maximum absolute atomic E-state index is 5.46. The standard InChI is InChI=1S/C9H15N3O/c1-13-6-2-3-9-11-5-4-8(7-10)12-9/h4-5H,2-3,6-7,10H2,1H3. The van der Waals surface area contributed by atoms with E-state index in [9.17, 15) is 0 Å². The molecule has 4 nitrogen and oxygen atoms in total. The molecule has 72 valence electrons. The first-order valence-electron chi connectivity index (χ1n) is 4.36. The van der Waals surface area contributed by atoms with Gasteiger partial charge in [0.2, 0.25) is 0 Å². The van der Waals surface area contributed by atoms with Crippen LogP contribution in [0, 0.1) is 0 Å². The lowest BCUT2D eigenvalue weighted by molar-refractivity contribution is 0.194. The second-order valence-corrected chi connectivity index (χ2v) is 2.76. The van der Waals surface area contributed by atoms with E-state index in [4.69, 9.17) is 10.5 Å². The van der Waals surface area contributed by atoms with Crippen LogP contribution in [0.4, 0.5) is 0 Å². The van der Waals surface area contributed by atoms with E-state index < -0.39 is 0 Å². The quantitative estimate of drug-likeness (QED) is 0.672. The average Bonchev–Trinajstić information content (AvgIpc) is 2.19. The van der Waals surface area contributed by atoms with Gasteiger partial charge in [-0.25, -0.2) is 9.97 Å². The molecule has 0 atom stereocenters. The van der Waals surface area contributed by atoms with Crippen LogP contribution in [0.2, 0.25) is 0 Å². The van der Waals surface area contributed by atoms with Crippen molar-refractivity contribution in [2.75, 3.05) is 13.7 Å². The van der Waals surface area contributed by atoms with E-state index in [1.54, 1.807) is 13.3 Å². The smallest absolute Gasteiger partial charge is 0.128 e. The van der Waals surface area contributed by atoms with Crippen LogP contribution in [0.1, 0.15) is 17.9 Å². The van der Waals surface area contributed by atoms with E-state index in [1.165, 1.54) is 0 Å². The van der Waals surface area contributed by atoms with E-state index in [0.29, 0.717) is 6.54 Å². The van der Waals surface area contributed by atoms with Gasteiger partial charge in [-0.15, -0.1) is 0 Å². The second kappa shape index (κ2) is 5.61. The number of nitrogens with two attached hydrogens (primary N) is 1. The third-order valence-electron chi connectivity index (χ3n) is 1.72. The number of ether oxygens (including phenoxy) is 1. The number of rotatable bonds is 5. The minimum absolute atomic E-state index is 0.472. The summed E-state index contributed by atoms with van der Waals surface area (Å²) in [5, 5.41) is 0. The zero-order chi connectivity index (χ0) is 9.52. The Morgan fingerprint density at radius 1 is 1.54 bits per heavy atom. The summed E-state index contributed by atoms with van der Waals surface area (Å²) >= 11 is 0. The van der Waals surface area contributed by atoms with Gasteiger partial charge in [-0.1, -0.05) is 0 Å². The Hall–Kier alpha value is -1.00. The van der Waals surface area contributed by atoms with E-state index in [2.05, 4.69) is 9.97 Å². The fraction of sp³-hybridized carbons (Fsp3) is 0.556. The topological polar surface area (TPSA) is 61.0 Å². The van der Waals surface area contributed by atoms with E-state index in [1.807, 2.05) is 6.07 Å². The Bertz CT molecular complexity index is 252. The lowest BCUT2D eigenvalue weighted by atomic mass is 10.3. The molecule has 13 heavy (non-hydrogen) atoms. The minimum atomic E-state index is 0.472. The zero-order valence-electron chi connectivity index (χ0n) is 7.86. The summed E-state index contributed by atoms with van der Waals surface area (Å²) in [5.74, 6) is 0.847. The number of aromatic nitrogens is 2. The first kappa shape index (κ1) is 10.1. The predicted octanol–water partition coefficient (Wildman–Crippen LogP) is 0.514. The molecule has 0 saturated carbocycles. The van der Waals surface area contributed by atoms with E-state index in [-0.39, 0.29) is 0 Å². The fourth-order valence-corrected chi connectivity index (χ4v) is 1.05. The Morgan fingerprint density at radius 3 is 3.08 bits per heavy atom. The highest BCUT2D eigenvalue weighted by Crippen LogP contribution is 1.98. The first-order chi connectivity index (χ1) is 6.36. The molecule has 0 aliphatic rings. The zero-order valence-corrected chi connectivity index (χ0v) is 7.86. The number of hydrogen-bond donors (Lipinski definition) is 1. The molecule has 0 bridgehead atoms. The van der Waals surface area contributed by atoms with Crippen LogP contribution < -0.4 is 5.73 Å². The van der Waals surface area contributed by atoms with Crippen LogP contribution in [0.5, 0.6) is 0 Å². The monoisotopic (exact) mass is 181 g/mol. The number of aryl methyl sites for hydroxylation is 1. The summed E-state index contributed by atoms with van der Waals surface area (Å²) in [4.78, 5) is 8.41. The number of hydrogen-bond acceptors (Lipinski definition) is 4. The lowest BCUT2D eigenvalue weighted by Gasteiger charge is -2.01. The van der Waals surface area contributed by atoms with Crippen molar-refractivity contribution in [1.82, 2.24) is 9.97 Å². The summed E-state index contributed by atoms with van der Waals surface area (Å²) in [5.41, 5.74) is 6.35. The summed E-state index contributed by atoms with van der Waals surface area (Å²) in [7, 11) is 1.69. The summed E-state index contributed by atoms with van der Waals surface area (Å²) < 4.78 is 4.94. The molecule has 0 spiro atoms. The lowest BCUT2D eigenvalue weighted by Crippen LogP contribution is -2.04. The molecule has 0 amide bonds. The molecular weight excluding hydrogens is 166 g/mol. The van der Waals surface area contributed by atoms with Crippen LogP contribution in [0.15, 0.2) is 12.3 Å². The van der Waals surface area contributed by atoms with Crippen LogP contribution in [0.25, 0.3) is 0 Å². The van der Waals surface area contributed by atoms with E-state index >= 15 is 0 Å². The van der Waals surface area contributed by atoms with Crippen molar-refractivity contribution >= 4 is 0 Å². The molecule has 4 heteroatoms. The number of methoxy groups -OCH3 is 1. The minimum Gasteiger partial charge on any atom is -0.385 e. The molecule has 1 aromatic rings. The Balaban J connectivity index is 2.46. The molecule has 0 fully saturated rings. The maximum atomic E-state index is 5.46. The Morgan fingerprint density at radius 2 is 2.38 bits per heavy atom. The predicted molar refractivity (Wildman–Crippen MR) is 50.1 cm³/mol. The van der Waals surface area contributed by atoms with Gasteiger partial charge in [0.25, 0.3) is 0 Å². The molecule has 0 unspecified atom stereocenters. The van der Waals surface area contributed by atoms with Gasteiger partial charge < -0.3 is 10.5 Å². The van der Waals surface area contributed by atoms with Crippen molar-refractivity contribution in [3.8, 4) is 0 Å². The average molecular weight is 181 g/mol. The second-order valence-electron chi connectivity index (χ2n) is 2.76. The van der Waals surface area contributed by atoms with E-state index in [0.717, 1.165) is 31.0 Å². The van der Waals surface area contributed by atoms with Gasteiger partial charge in [-0.3, -0.25) is 0 Å². The highest BCUT2D eigenvalue weighted by molar-refractivity contribution is 5.01.